The van der Waals surface area contributed by atoms with E-state index in [-0.39, 0.29) is 0 Å². The van der Waals surface area contributed by atoms with E-state index in [4.69, 9.17) is 11.6 Å². The van der Waals surface area contributed by atoms with Gasteiger partial charge in [-0.25, -0.2) is 0 Å². The van der Waals surface area contributed by atoms with Gasteiger partial charge < -0.3 is 5.32 Å². The van der Waals surface area contributed by atoms with E-state index in [0.717, 1.165) is 17.2 Å². The summed E-state index contributed by atoms with van der Waals surface area (Å²) >= 11 is 7.65. The smallest absolute Gasteiger partial charge is 0.0931 e. The van der Waals surface area contributed by atoms with Crippen molar-refractivity contribution >= 4 is 22.9 Å². The van der Waals surface area contributed by atoms with Gasteiger partial charge in [0, 0.05) is 17.1 Å². The fourth-order valence-electron chi connectivity index (χ4n) is 2.72. The van der Waals surface area contributed by atoms with Crippen molar-refractivity contribution in [1.29, 1.82) is 0 Å². The normalized spacial score (nSPS) is 20.0. The van der Waals surface area contributed by atoms with E-state index in [9.17, 15) is 0 Å². The number of hydrogen-bond donors (Lipinski definition) is 1. The number of thiophene rings is 1. The van der Waals surface area contributed by atoms with E-state index in [2.05, 4.69) is 29.4 Å². The first kappa shape index (κ1) is 13.1. The van der Waals surface area contributed by atoms with Crippen molar-refractivity contribution in [1.82, 2.24) is 10.3 Å². The molecule has 0 spiro atoms. The van der Waals surface area contributed by atoms with Gasteiger partial charge >= 0.3 is 0 Å². The third kappa shape index (κ3) is 2.83. The summed E-state index contributed by atoms with van der Waals surface area (Å²) in [5, 5.41) is 3.69. The van der Waals surface area contributed by atoms with Crippen molar-refractivity contribution in [3.8, 4) is 0 Å². The molecule has 0 fully saturated rings. The minimum absolute atomic E-state index is 0.315. The number of hydrogen-bond acceptors (Lipinski definition) is 3. The van der Waals surface area contributed by atoms with Crippen LogP contribution in [0.2, 0.25) is 4.34 Å². The number of rotatable bonds is 3. The minimum atomic E-state index is 0.315. The Morgan fingerprint density at radius 1 is 1.42 bits per heavy atom. The van der Waals surface area contributed by atoms with E-state index in [1.54, 1.807) is 11.3 Å². The topological polar surface area (TPSA) is 24.9 Å². The number of aromatic nitrogens is 1. The second-order valence-electron chi connectivity index (χ2n) is 5.02. The molecule has 1 aliphatic carbocycles. The quantitative estimate of drug-likeness (QED) is 0.899. The molecule has 1 N–H and O–H groups in total. The number of fused-ring (bicyclic) bond motifs is 1. The molecule has 2 nitrogen and oxygen atoms in total. The van der Waals surface area contributed by atoms with Gasteiger partial charge in [-0.15, -0.1) is 11.3 Å². The highest BCUT2D eigenvalue weighted by molar-refractivity contribution is 7.16. The molecule has 0 saturated carbocycles. The van der Waals surface area contributed by atoms with Crippen molar-refractivity contribution in [2.75, 3.05) is 0 Å². The van der Waals surface area contributed by atoms with Crippen LogP contribution >= 0.6 is 22.9 Å². The lowest BCUT2D eigenvalue weighted by atomic mass is 9.91. The van der Waals surface area contributed by atoms with E-state index in [0.29, 0.717) is 12.1 Å². The van der Waals surface area contributed by atoms with Crippen LogP contribution in [-0.2, 0) is 6.42 Å². The first-order chi connectivity index (χ1) is 9.24. The van der Waals surface area contributed by atoms with E-state index >= 15 is 0 Å². The maximum Gasteiger partial charge on any atom is 0.0931 e. The maximum atomic E-state index is 6.01. The van der Waals surface area contributed by atoms with Crippen molar-refractivity contribution in [3.05, 3.63) is 50.9 Å². The van der Waals surface area contributed by atoms with Crippen molar-refractivity contribution in [3.63, 3.8) is 0 Å². The molecular weight excluding hydrogens is 276 g/mol. The van der Waals surface area contributed by atoms with E-state index in [1.165, 1.54) is 22.6 Å². The zero-order valence-electron chi connectivity index (χ0n) is 10.9. The molecule has 2 atom stereocenters. The molecule has 100 valence electrons. The highest BCUT2D eigenvalue weighted by Gasteiger charge is 2.23. The Labute approximate surface area is 122 Å². The Hall–Kier alpha value is -0.900. The number of aryl methyl sites for hydroxylation is 1. The van der Waals surface area contributed by atoms with Gasteiger partial charge in [-0.05, 0) is 49.9 Å². The molecular formula is C15H17ClN2S. The predicted molar refractivity (Wildman–Crippen MR) is 80.8 cm³/mol. The molecule has 3 rings (SSSR count). The zero-order chi connectivity index (χ0) is 13.2. The van der Waals surface area contributed by atoms with Gasteiger partial charge in [0.15, 0.2) is 0 Å². The molecule has 2 heterocycles. The lowest BCUT2D eigenvalue weighted by molar-refractivity contribution is 0.409. The van der Waals surface area contributed by atoms with Crippen molar-refractivity contribution < 1.29 is 0 Å². The third-order valence-electron chi connectivity index (χ3n) is 3.67. The molecule has 2 unspecified atom stereocenters. The SMILES string of the molecule is CC(NC1CCCc2cccnc21)c1ccc(Cl)s1. The van der Waals surface area contributed by atoms with Gasteiger partial charge in [0.2, 0.25) is 0 Å². The van der Waals surface area contributed by atoms with E-state index < -0.39 is 0 Å². The Kier molecular flexibility index (Phi) is 3.87. The highest BCUT2D eigenvalue weighted by Crippen LogP contribution is 2.32. The summed E-state index contributed by atoms with van der Waals surface area (Å²) < 4.78 is 0.853. The largest absolute Gasteiger partial charge is 0.301 e. The number of nitrogens with one attached hydrogen (secondary N) is 1. The van der Waals surface area contributed by atoms with Crippen LogP contribution in [0.1, 0.15) is 48.0 Å². The van der Waals surface area contributed by atoms with Crippen molar-refractivity contribution in [2.45, 2.75) is 38.3 Å². The average molecular weight is 293 g/mol. The van der Waals surface area contributed by atoms with Gasteiger partial charge in [-0.3, -0.25) is 4.98 Å². The van der Waals surface area contributed by atoms with Crippen LogP contribution in [0.5, 0.6) is 0 Å². The van der Waals surface area contributed by atoms with Crippen molar-refractivity contribution in [2.24, 2.45) is 0 Å². The number of pyridine rings is 1. The maximum absolute atomic E-state index is 6.01. The first-order valence-corrected chi connectivity index (χ1v) is 7.88. The molecule has 19 heavy (non-hydrogen) atoms. The molecule has 0 saturated heterocycles. The van der Waals surface area contributed by atoms with Crippen LogP contribution in [0.25, 0.3) is 0 Å². The number of nitrogens with zero attached hydrogens (tertiary/aromatic N) is 1. The van der Waals surface area contributed by atoms with Gasteiger partial charge in [-0.1, -0.05) is 17.7 Å². The standard InChI is InChI=1S/C15H17ClN2S/c1-10(13-7-8-14(16)19-13)18-12-6-2-4-11-5-3-9-17-15(11)12/h3,5,7-10,12,18H,2,4,6H2,1H3. The Morgan fingerprint density at radius 3 is 3.11 bits per heavy atom. The summed E-state index contributed by atoms with van der Waals surface area (Å²) in [4.78, 5) is 5.85. The predicted octanol–water partition coefficient (Wildman–Crippen LogP) is 4.52. The van der Waals surface area contributed by atoms with E-state index in [1.807, 2.05) is 18.3 Å². The van der Waals surface area contributed by atoms with Gasteiger partial charge in [0.1, 0.15) is 0 Å². The average Bonchev–Trinajstić information content (AvgIpc) is 2.86. The Balaban J connectivity index is 1.77. The second-order valence-corrected chi connectivity index (χ2v) is 6.77. The molecule has 4 heteroatoms. The summed E-state index contributed by atoms with van der Waals surface area (Å²) in [7, 11) is 0. The van der Waals surface area contributed by atoms with Gasteiger partial charge in [-0.2, -0.15) is 0 Å². The first-order valence-electron chi connectivity index (χ1n) is 6.69. The fraction of sp³-hybridized carbons (Fsp3) is 0.400. The van der Waals surface area contributed by atoms with Crippen LogP contribution < -0.4 is 5.32 Å². The van der Waals surface area contributed by atoms with Crippen LogP contribution in [0.4, 0.5) is 0 Å². The fourth-order valence-corrected chi connectivity index (χ4v) is 3.79. The number of halogens is 1. The molecule has 2 aromatic rings. The summed E-state index contributed by atoms with van der Waals surface area (Å²) in [5.41, 5.74) is 2.62. The lowest BCUT2D eigenvalue weighted by Gasteiger charge is -2.27. The Bertz CT molecular complexity index is 567. The molecule has 0 radical (unpaired) electrons. The molecule has 0 aliphatic heterocycles. The Morgan fingerprint density at radius 2 is 2.32 bits per heavy atom. The minimum Gasteiger partial charge on any atom is -0.301 e. The van der Waals surface area contributed by atoms with Crippen LogP contribution in [-0.4, -0.2) is 4.98 Å². The van der Waals surface area contributed by atoms with Gasteiger partial charge in [0.05, 0.1) is 16.1 Å². The summed E-state index contributed by atoms with van der Waals surface area (Å²) in [6.07, 6.45) is 5.44. The molecule has 0 aromatic carbocycles. The highest BCUT2D eigenvalue weighted by atomic mass is 35.5. The molecule has 1 aliphatic rings. The second kappa shape index (κ2) is 5.61. The lowest BCUT2D eigenvalue weighted by Crippen LogP contribution is -2.28. The molecule has 2 aromatic heterocycles. The third-order valence-corrected chi connectivity index (χ3v) is 5.08. The molecule has 0 bridgehead atoms. The zero-order valence-corrected chi connectivity index (χ0v) is 12.5. The van der Waals surface area contributed by atoms with Crippen LogP contribution in [0, 0.1) is 0 Å². The summed E-state index contributed by atoms with van der Waals surface area (Å²) in [5.74, 6) is 0. The van der Waals surface area contributed by atoms with Gasteiger partial charge in [0.25, 0.3) is 0 Å². The van der Waals surface area contributed by atoms with Crippen LogP contribution in [0.15, 0.2) is 30.5 Å². The molecule has 0 amide bonds. The van der Waals surface area contributed by atoms with Crippen LogP contribution in [0.3, 0.4) is 0 Å². The summed E-state index contributed by atoms with van der Waals surface area (Å²) in [6.45, 7) is 2.19. The summed E-state index contributed by atoms with van der Waals surface area (Å²) in [6, 6.07) is 8.97. The monoisotopic (exact) mass is 292 g/mol.